The van der Waals surface area contributed by atoms with Crippen molar-refractivity contribution in [1.29, 1.82) is 0 Å². The Kier molecular flexibility index (Phi) is 7.70. The summed E-state index contributed by atoms with van der Waals surface area (Å²) in [5.41, 5.74) is 2.61. The van der Waals surface area contributed by atoms with Gasteiger partial charge in [0.1, 0.15) is 5.39 Å². The maximum Gasteiger partial charge on any atom is 0.278 e. The van der Waals surface area contributed by atoms with Gasteiger partial charge in [0, 0.05) is 50.8 Å². The number of benzene rings is 1. The van der Waals surface area contributed by atoms with E-state index in [1.54, 1.807) is 29.0 Å². The van der Waals surface area contributed by atoms with Crippen LogP contribution >= 0.6 is 0 Å². The Hall–Kier alpha value is -4.07. The monoisotopic (exact) mass is 563 g/mol. The Labute approximate surface area is 233 Å². The van der Waals surface area contributed by atoms with Gasteiger partial charge in [0.05, 0.1) is 25.0 Å². The number of piperazine rings is 1. The van der Waals surface area contributed by atoms with Gasteiger partial charge in [0.25, 0.3) is 5.56 Å². The van der Waals surface area contributed by atoms with Crippen LogP contribution in [0.3, 0.4) is 0 Å². The number of aromatic nitrogens is 5. The lowest BCUT2D eigenvalue weighted by molar-refractivity contribution is 0.313. The zero-order valence-corrected chi connectivity index (χ0v) is 23.7. The normalized spacial score (nSPS) is 14.7. The first-order valence-corrected chi connectivity index (χ1v) is 14.8. The van der Waals surface area contributed by atoms with Gasteiger partial charge >= 0.3 is 0 Å². The molecular formula is C27H33N9O3S. The zero-order valence-electron chi connectivity index (χ0n) is 22.9. The maximum absolute atomic E-state index is 13.3. The van der Waals surface area contributed by atoms with E-state index in [0.29, 0.717) is 28.5 Å². The molecule has 3 aromatic heterocycles. The SMILES string of the molecule is C=CCn1c(=O)c2cnc(Nc3ccc(N4CCN(C)CC4)cc3)nc2n1-c1cccc(CN(C)S(C)(=O)=O)n1. The number of sulfonamides is 1. The average molecular weight is 564 g/mol. The number of pyridine rings is 1. The topological polar surface area (TPSA) is 121 Å². The van der Waals surface area contributed by atoms with E-state index in [1.807, 2.05) is 12.1 Å². The van der Waals surface area contributed by atoms with Gasteiger partial charge in [-0.05, 0) is 43.4 Å². The summed E-state index contributed by atoms with van der Waals surface area (Å²) in [6.07, 6.45) is 4.26. The highest BCUT2D eigenvalue weighted by molar-refractivity contribution is 7.88. The van der Waals surface area contributed by atoms with E-state index in [-0.39, 0.29) is 18.6 Å². The van der Waals surface area contributed by atoms with Crippen LogP contribution < -0.4 is 15.8 Å². The van der Waals surface area contributed by atoms with Crippen molar-refractivity contribution in [3.8, 4) is 5.82 Å². The molecule has 1 aromatic carbocycles. The van der Waals surface area contributed by atoms with Crippen molar-refractivity contribution in [1.82, 2.24) is 33.5 Å². The lowest BCUT2D eigenvalue weighted by atomic mass is 10.2. The van der Waals surface area contributed by atoms with Gasteiger partial charge in [-0.1, -0.05) is 12.1 Å². The molecule has 12 nitrogen and oxygen atoms in total. The van der Waals surface area contributed by atoms with Gasteiger partial charge < -0.3 is 15.1 Å². The third-order valence-corrected chi connectivity index (χ3v) is 8.19. The average Bonchev–Trinajstić information content (AvgIpc) is 3.20. The summed E-state index contributed by atoms with van der Waals surface area (Å²) in [6, 6.07) is 13.4. The second-order valence-electron chi connectivity index (χ2n) is 9.89. The molecule has 1 aliphatic rings. The second-order valence-corrected chi connectivity index (χ2v) is 12.0. The van der Waals surface area contributed by atoms with E-state index in [9.17, 15) is 13.2 Å². The first kappa shape index (κ1) is 27.5. The van der Waals surface area contributed by atoms with Gasteiger partial charge in [-0.15, -0.1) is 6.58 Å². The third-order valence-electron chi connectivity index (χ3n) is 6.93. The molecule has 4 heterocycles. The van der Waals surface area contributed by atoms with Gasteiger partial charge in [-0.2, -0.15) is 9.29 Å². The quantitative estimate of drug-likeness (QED) is 0.305. The number of anilines is 3. The lowest BCUT2D eigenvalue weighted by Crippen LogP contribution is -2.44. The van der Waals surface area contributed by atoms with Gasteiger partial charge in [0.15, 0.2) is 11.5 Å². The number of rotatable bonds is 9. The molecule has 0 aliphatic carbocycles. The molecule has 0 saturated carbocycles. The van der Waals surface area contributed by atoms with Crippen LogP contribution in [0.25, 0.3) is 16.9 Å². The number of hydrogen-bond acceptors (Lipinski definition) is 9. The summed E-state index contributed by atoms with van der Waals surface area (Å²) in [7, 11) is 0.239. The molecule has 0 atom stereocenters. The summed E-state index contributed by atoms with van der Waals surface area (Å²) in [6.45, 7) is 8.14. The Morgan fingerprint density at radius 1 is 1.07 bits per heavy atom. The molecular weight excluding hydrogens is 530 g/mol. The van der Waals surface area contributed by atoms with E-state index in [4.69, 9.17) is 0 Å². The molecule has 40 heavy (non-hydrogen) atoms. The Bertz CT molecular complexity index is 1690. The Balaban J connectivity index is 1.47. The number of nitrogens with zero attached hydrogens (tertiary/aromatic N) is 8. The fourth-order valence-electron chi connectivity index (χ4n) is 4.58. The zero-order chi connectivity index (χ0) is 28.4. The fourth-order valence-corrected chi connectivity index (χ4v) is 4.94. The second kappa shape index (κ2) is 11.2. The van der Waals surface area contributed by atoms with E-state index in [0.717, 1.165) is 43.8 Å². The van der Waals surface area contributed by atoms with Crippen molar-refractivity contribution in [3.05, 3.63) is 77.4 Å². The van der Waals surface area contributed by atoms with Crippen LogP contribution in [0.5, 0.6) is 0 Å². The van der Waals surface area contributed by atoms with Gasteiger partial charge in [-0.25, -0.2) is 27.7 Å². The number of allylic oxidation sites excluding steroid dienone is 1. The van der Waals surface area contributed by atoms with Crippen molar-refractivity contribution in [3.63, 3.8) is 0 Å². The third kappa shape index (κ3) is 5.76. The minimum atomic E-state index is -3.39. The number of likely N-dealkylation sites (N-methyl/N-ethyl adjacent to an activating group) is 1. The molecule has 1 fully saturated rings. The van der Waals surface area contributed by atoms with E-state index in [1.165, 1.54) is 22.2 Å². The molecule has 1 saturated heterocycles. The van der Waals surface area contributed by atoms with Crippen LogP contribution in [-0.4, -0.2) is 88.5 Å². The van der Waals surface area contributed by atoms with Crippen LogP contribution in [-0.2, 0) is 23.1 Å². The molecule has 4 aromatic rings. The van der Waals surface area contributed by atoms with Crippen LogP contribution in [0, 0.1) is 0 Å². The Morgan fingerprint density at radius 3 is 2.48 bits per heavy atom. The minimum Gasteiger partial charge on any atom is -0.369 e. The number of nitrogens with one attached hydrogen (secondary N) is 1. The minimum absolute atomic E-state index is 0.0868. The molecule has 13 heteroatoms. The molecule has 0 radical (unpaired) electrons. The van der Waals surface area contributed by atoms with Crippen molar-refractivity contribution >= 4 is 38.4 Å². The van der Waals surface area contributed by atoms with Crippen molar-refractivity contribution in [2.75, 3.05) is 56.7 Å². The Morgan fingerprint density at radius 2 is 1.80 bits per heavy atom. The van der Waals surface area contributed by atoms with E-state index >= 15 is 0 Å². The molecule has 1 N–H and O–H groups in total. The number of hydrogen-bond donors (Lipinski definition) is 1. The summed E-state index contributed by atoms with van der Waals surface area (Å²) in [5.74, 6) is 0.756. The van der Waals surface area contributed by atoms with E-state index in [2.05, 4.69) is 55.8 Å². The smallest absolute Gasteiger partial charge is 0.278 e. The molecule has 0 unspecified atom stereocenters. The summed E-state index contributed by atoms with van der Waals surface area (Å²) < 4.78 is 28.1. The largest absolute Gasteiger partial charge is 0.369 e. The molecule has 5 rings (SSSR count). The van der Waals surface area contributed by atoms with Crippen molar-refractivity contribution in [2.24, 2.45) is 0 Å². The lowest BCUT2D eigenvalue weighted by Gasteiger charge is -2.34. The first-order valence-electron chi connectivity index (χ1n) is 12.9. The standard InChI is InChI=1S/C27H33N9O3S/c1-5-13-35-26(37)23-18-28-27(30-20-9-11-22(12-10-20)34-16-14-32(2)15-17-34)31-25(23)36(35)24-8-6-7-21(29-24)19-33(3)40(4,38)39/h5-12,18H,1,13-17,19H2,2-4H3,(H,28,30,31). The van der Waals surface area contributed by atoms with Gasteiger partial charge in [-0.3, -0.25) is 4.79 Å². The predicted molar refractivity (Wildman–Crippen MR) is 157 cm³/mol. The van der Waals surface area contributed by atoms with Crippen LogP contribution in [0.15, 0.2) is 66.1 Å². The fraction of sp³-hybridized carbons (Fsp3) is 0.333. The molecule has 0 spiro atoms. The number of fused-ring (bicyclic) bond motifs is 1. The maximum atomic E-state index is 13.3. The van der Waals surface area contributed by atoms with Crippen LogP contribution in [0.2, 0.25) is 0 Å². The predicted octanol–water partition coefficient (Wildman–Crippen LogP) is 2.05. The molecule has 0 bridgehead atoms. The summed E-state index contributed by atoms with van der Waals surface area (Å²) in [4.78, 5) is 31.7. The summed E-state index contributed by atoms with van der Waals surface area (Å²) in [5, 5.41) is 3.57. The molecule has 210 valence electrons. The van der Waals surface area contributed by atoms with Crippen molar-refractivity contribution < 1.29 is 8.42 Å². The van der Waals surface area contributed by atoms with Crippen molar-refractivity contribution in [2.45, 2.75) is 13.1 Å². The van der Waals surface area contributed by atoms with E-state index < -0.39 is 10.0 Å². The molecule has 1 aliphatic heterocycles. The van der Waals surface area contributed by atoms with Gasteiger partial charge in [0.2, 0.25) is 16.0 Å². The van der Waals surface area contributed by atoms with Crippen LogP contribution in [0.1, 0.15) is 5.69 Å². The van der Waals surface area contributed by atoms with Crippen LogP contribution in [0.4, 0.5) is 17.3 Å². The first-order chi connectivity index (χ1) is 19.1. The highest BCUT2D eigenvalue weighted by atomic mass is 32.2. The summed E-state index contributed by atoms with van der Waals surface area (Å²) >= 11 is 0. The highest BCUT2D eigenvalue weighted by Crippen LogP contribution is 2.22. The molecule has 0 amide bonds. The highest BCUT2D eigenvalue weighted by Gasteiger charge is 2.19.